The molecule has 2 aliphatic rings. The van der Waals surface area contributed by atoms with Gasteiger partial charge in [-0.15, -0.1) is 0 Å². The molecule has 0 saturated heterocycles. The van der Waals surface area contributed by atoms with Crippen LogP contribution in [0.5, 0.6) is 0 Å². The Balaban J connectivity index is 1.53. The van der Waals surface area contributed by atoms with Crippen molar-refractivity contribution in [3.05, 3.63) is 0 Å². The Morgan fingerprint density at radius 1 is 1.38 bits per heavy atom. The van der Waals surface area contributed by atoms with Gasteiger partial charge in [0, 0.05) is 18.7 Å². The first-order valence-corrected chi connectivity index (χ1v) is 6.36. The third kappa shape index (κ3) is 3.42. The number of hydrogen-bond acceptors (Lipinski definition) is 4. The SMILES string of the molecule is OCC1(NCC(O)COCC2CC2)CCC1. The molecule has 1 atom stereocenters. The fourth-order valence-corrected chi connectivity index (χ4v) is 2.04. The topological polar surface area (TPSA) is 61.7 Å². The second-order valence-corrected chi connectivity index (χ2v) is 5.31. The van der Waals surface area contributed by atoms with E-state index in [1.807, 2.05) is 0 Å². The molecule has 16 heavy (non-hydrogen) atoms. The van der Waals surface area contributed by atoms with Gasteiger partial charge in [-0.3, -0.25) is 0 Å². The van der Waals surface area contributed by atoms with Gasteiger partial charge in [0.1, 0.15) is 0 Å². The second-order valence-electron chi connectivity index (χ2n) is 5.31. The molecule has 3 N–H and O–H groups in total. The average molecular weight is 229 g/mol. The van der Waals surface area contributed by atoms with Crippen LogP contribution in [0.25, 0.3) is 0 Å². The summed E-state index contributed by atoms with van der Waals surface area (Å²) in [6.45, 7) is 1.89. The van der Waals surface area contributed by atoms with E-state index < -0.39 is 6.10 Å². The number of β-amino-alcohol motifs (C(OH)–C–C–N with tert-alkyl or cyclic N) is 1. The van der Waals surface area contributed by atoms with Crippen LogP contribution in [-0.4, -0.2) is 48.2 Å². The third-order valence-corrected chi connectivity index (χ3v) is 3.69. The van der Waals surface area contributed by atoms with Crippen molar-refractivity contribution in [2.24, 2.45) is 5.92 Å². The molecule has 0 amide bonds. The minimum Gasteiger partial charge on any atom is -0.394 e. The second kappa shape index (κ2) is 5.45. The molecule has 2 fully saturated rings. The van der Waals surface area contributed by atoms with Crippen LogP contribution < -0.4 is 5.32 Å². The van der Waals surface area contributed by atoms with Crippen molar-refractivity contribution < 1.29 is 14.9 Å². The van der Waals surface area contributed by atoms with Gasteiger partial charge in [0.25, 0.3) is 0 Å². The minimum atomic E-state index is -0.456. The Morgan fingerprint density at radius 2 is 2.12 bits per heavy atom. The lowest BCUT2D eigenvalue weighted by Crippen LogP contribution is -2.56. The summed E-state index contributed by atoms with van der Waals surface area (Å²) in [5, 5.41) is 22.2. The lowest BCUT2D eigenvalue weighted by Gasteiger charge is -2.41. The normalized spacial score (nSPS) is 25.1. The molecular weight excluding hydrogens is 206 g/mol. The maximum absolute atomic E-state index is 9.69. The van der Waals surface area contributed by atoms with Crippen LogP contribution in [0.15, 0.2) is 0 Å². The number of rotatable bonds is 8. The van der Waals surface area contributed by atoms with Gasteiger partial charge in [0.15, 0.2) is 0 Å². The first-order valence-electron chi connectivity index (χ1n) is 6.36. The predicted octanol–water partition coefficient (Wildman–Crippen LogP) is 0.278. The molecule has 2 rings (SSSR count). The average Bonchev–Trinajstić information content (AvgIpc) is 3.01. The lowest BCUT2D eigenvalue weighted by molar-refractivity contribution is 0.0163. The van der Waals surface area contributed by atoms with Crippen LogP contribution in [0.2, 0.25) is 0 Å². The summed E-state index contributed by atoms with van der Waals surface area (Å²) in [4.78, 5) is 0. The molecule has 0 spiro atoms. The fourth-order valence-electron chi connectivity index (χ4n) is 2.04. The Labute approximate surface area is 97.0 Å². The van der Waals surface area contributed by atoms with Crippen molar-refractivity contribution in [2.45, 2.75) is 43.7 Å². The highest BCUT2D eigenvalue weighted by Gasteiger charge is 2.35. The maximum Gasteiger partial charge on any atom is 0.0897 e. The molecule has 0 aromatic heterocycles. The van der Waals surface area contributed by atoms with Crippen molar-refractivity contribution in [3.63, 3.8) is 0 Å². The monoisotopic (exact) mass is 229 g/mol. The van der Waals surface area contributed by atoms with Gasteiger partial charge in [-0.1, -0.05) is 0 Å². The minimum absolute atomic E-state index is 0.114. The molecule has 2 aliphatic carbocycles. The van der Waals surface area contributed by atoms with Gasteiger partial charge in [0.2, 0.25) is 0 Å². The van der Waals surface area contributed by atoms with Gasteiger partial charge in [-0.25, -0.2) is 0 Å². The summed E-state index contributed by atoms with van der Waals surface area (Å²) in [6, 6.07) is 0. The van der Waals surface area contributed by atoms with E-state index in [-0.39, 0.29) is 12.1 Å². The summed E-state index contributed by atoms with van der Waals surface area (Å²) >= 11 is 0. The molecule has 1 unspecified atom stereocenters. The lowest BCUT2D eigenvalue weighted by atomic mass is 9.77. The Hall–Kier alpha value is -0.160. The molecular formula is C12H23NO3. The number of nitrogens with one attached hydrogen (secondary N) is 1. The molecule has 0 aliphatic heterocycles. The van der Waals surface area contributed by atoms with Gasteiger partial charge >= 0.3 is 0 Å². The Kier molecular flexibility index (Phi) is 4.19. The predicted molar refractivity (Wildman–Crippen MR) is 61.2 cm³/mol. The third-order valence-electron chi connectivity index (χ3n) is 3.69. The fraction of sp³-hybridized carbons (Fsp3) is 1.00. The summed E-state index contributed by atoms with van der Waals surface area (Å²) in [7, 11) is 0. The highest BCUT2D eigenvalue weighted by atomic mass is 16.5. The van der Waals surface area contributed by atoms with Crippen molar-refractivity contribution in [3.8, 4) is 0 Å². The van der Waals surface area contributed by atoms with Crippen LogP contribution in [0.3, 0.4) is 0 Å². The van der Waals surface area contributed by atoms with Gasteiger partial charge < -0.3 is 20.3 Å². The number of ether oxygens (including phenoxy) is 1. The van der Waals surface area contributed by atoms with Gasteiger partial charge in [0.05, 0.1) is 19.3 Å². The van der Waals surface area contributed by atoms with Crippen molar-refractivity contribution in [1.82, 2.24) is 5.32 Å². The van der Waals surface area contributed by atoms with Crippen LogP contribution in [0.4, 0.5) is 0 Å². The maximum atomic E-state index is 9.69. The van der Waals surface area contributed by atoms with E-state index in [2.05, 4.69) is 5.32 Å². The smallest absolute Gasteiger partial charge is 0.0897 e. The Morgan fingerprint density at radius 3 is 2.62 bits per heavy atom. The summed E-state index contributed by atoms with van der Waals surface area (Å²) in [5.41, 5.74) is -0.114. The molecule has 2 saturated carbocycles. The molecule has 0 radical (unpaired) electrons. The molecule has 4 nitrogen and oxygen atoms in total. The molecule has 0 heterocycles. The zero-order valence-corrected chi connectivity index (χ0v) is 9.82. The molecule has 4 heteroatoms. The summed E-state index contributed by atoms with van der Waals surface area (Å²) in [6.07, 6.45) is 5.30. The van der Waals surface area contributed by atoms with E-state index in [4.69, 9.17) is 4.74 Å². The van der Waals surface area contributed by atoms with Gasteiger partial charge in [-0.2, -0.15) is 0 Å². The number of aliphatic hydroxyl groups is 2. The van der Waals surface area contributed by atoms with E-state index in [0.717, 1.165) is 25.4 Å². The van der Waals surface area contributed by atoms with Crippen molar-refractivity contribution >= 4 is 0 Å². The summed E-state index contributed by atoms with van der Waals surface area (Å²) < 4.78 is 5.42. The molecule has 0 aromatic rings. The molecule has 0 bridgehead atoms. The van der Waals surface area contributed by atoms with Crippen molar-refractivity contribution in [1.29, 1.82) is 0 Å². The van der Waals surface area contributed by atoms with E-state index >= 15 is 0 Å². The van der Waals surface area contributed by atoms with E-state index in [1.54, 1.807) is 0 Å². The van der Waals surface area contributed by atoms with E-state index in [9.17, 15) is 10.2 Å². The van der Waals surface area contributed by atoms with Crippen LogP contribution in [0.1, 0.15) is 32.1 Å². The largest absolute Gasteiger partial charge is 0.394 e. The van der Waals surface area contributed by atoms with E-state index in [0.29, 0.717) is 13.2 Å². The number of aliphatic hydroxyl groups excluding tert-OH is 2. The number of hydrogen-bond donors (Lipinski definition) is 3. The van der Waals surface area contributed by atoms with Gasteiger partial charge in [-0.05, 0) is 38.0 Å². The van der Waals surface area contributed by atoms with Crippen LogP contribution in [0, 0.1) is 5.92 Å². The highest BCUT2D eigenvalue weighted by Crippen LogP contribution is 2.31. The van der Waals surface area contributed by atoms with Crippen LogP contribution in [-0.2, 0) is 4.74 Å². The van der Waals surface area contributed by atoms with Crippen molar-refractivity contribution in [2.75, 3.05) is 26.4 Å². The quantitative estimate of drug-likeness (QED) is 0.559. The Bertz CT molecular complexity index is 209. The molecule has 0 aromatic carbocycles. The van der Waals surface area contributed by atoms with Crippen LogP contribution >= 0.6 is 0 Å². The standard InChI is InChI=1S/C12H23NO3/c14-9-12(4-1-5-12)13-6-11(15)8-16-7-10-2-3-10/h10-11,13-15H,1-9H2. The summed E-state index contributed by atoms with van der Waals surface area (Å²) in [5.74, 6) is 0.746. The zero-order valence-electron chi connectivity index (χ0n) is 9.82. The first-order chi connectivity index (χ1) is 7.74. The zero-order chi connectivity index (χ0) is 11.4. The highest BCUT2D eigenvalue weighted by molar-refractivity contribution is 4.95. The first kappa shape index (κ1) is 12.3. The molecule has 94 valence electrons. The van der Waals surface area contributed by atoms with E-state index in [1.165, 1.54) is 19.3 Å².